The highest BCUT2D eigenvalue weighted by atomic mass is 32.1. The van der Waals surface area contributed by atoms with E-state index in [1.807, 2.05) is 12.1 Å². The Morgan fingerprint density at radius 2 is 2.20 bits per heavy atom. The summed E-state index contributed by atoms with van der Waals surface area (Å²) in [5.41, 5.74) is 0.771. The van der Waals surface area contributed by atoms with E-state index in [4.69, 9.17) is 9.84 Å². The van der Waals surface area contributed by atoms with Crippen molar-refractivity contribution in [1.82, 2.24) is 4.98 Å². The molecule has 20 heavy (non-hydrogen) atoms. The van der Waals surface area contributed by atoms with E-state index in [1.165, 1.54) is 0 Å². The number of ether oxygens (including phenoxy) is 1. The molecule has 1 aromatic heterocycles. The summed E-state index contributed by atoms with van der Waals surface area (Å²) in [6.45, 7) is 6.10. The second-order valence-electron chi connectivity index (χ2n) is 5.16. The van der Waals surface area contributed by atoms with Crippen molar-refractivity contribution in [2.75, 3.05) is 0 Å². The fraction of sp³-hybridized carbons (Fsp3) is 0.467. The quantitative estimate of drug-likeness (QED) is 0.881. The number of fused-ring (bicyclic) bond motifs is 1. The fourth-order valence-corrected chi connectivity index (χ4v) is 3.16. The van der Waals surface area contributed by atoms with Crippen molar-refractivity contribution in [1.29, 1.82) is 0 Å². The molecule has 108 valence electrons. The molecule has 0 amide bonds. The molecule has 0 spiro atoms. The Hall–Kier alpha value is -1.62. The van der Waals surface area contributed by atoms with Crippen LogP contribution in [0.25, 0.3) is 10.2 Å². The van der Waals surface area contributed by atoms with E-state index < -0.39 is 12.1 Å². The van der Waals surface area contributed by atoms with Gasteiger partial charge in [0.05, 0.1) is 9.71 Å². The maximum Gasteiger partial charge on any atom is 0.344 e. The van der Waals surface area contributed by atoms with Crippen molar-refractivity contribution in [3.8, 4) is 5.75 Å². The molecule has 0 aliphatic carbocycles. The Kier molecular flexibility index (Phi) is 4.60. The van der Waals surface area contributed by atoms with Crippen LogP contribution < -0.4 is 4.74 Å². The number of para-hydroxylation sites is 1. The van der Waals surface area contributed by atoms with Crippen LogP contribution in [0.2, 0.25) is 0 Å². The first-order valence-electron chi connectivity index (χ1n) is 6.79. The molecule has 0 bridgehead atoms. The van der Waals surface area contributed by atoms with Gasteiger partial charge >= 0.3 is 5.97 Å². The van der Waals surface area contributed by atoms with Crippen LogP contribution in [0.5, 0.6) is 5.75 Å². The van der Waals surface area contributed by atoms with E-state index in [9.17, 15) is 4.79 Å². The maximum atomic E-state index is 11.1. The van der Waals surface area contributed by atoms with Crippen LogP contribution >= 0.6 is 11.3 Å². The van der Waals surface area contributed by atoms with Gasteiger partial charge < -0.3 is 9.84 Å². The van der Waals surface area contributed by atoms with Crippen LogP contribution in [-0.2, 0) is 11.2 Å². The number of carboxylic acids is 1. The van der Waals surface area contributed by atoms with Gasteiger partial charge in [-0.15, -0.1) is 11.3 Å². The number of hydrogen-bond donors (Lipinski definition) is 1. The topological polar surface area (TPSA) is 59.4 Å². The van der Waals surface area contributed by atoms with Crippen molar-refractivity contribution >= 4 is 27.5 Å². The van der Waals surface area contributed by atoms with E-state index >= 15 is 0 Å². The average molecular weight is 293 g/mol. The number of aromatic nitrogens is 1. The number of carboxylic acid groups (broad SMARTS) is 1. The molecule has 2 rings (SSSR count). The lowest BCUT2D eigenvalue weighted by molar-refractivity contribution is -0.145. The first-order chi connectivity index (χ1) is 9.51. The third-order valence-electron chi connectivity index (χ3n) is 2.92. The van der Waals surface area contributed by atoms with Gasteiger partial charge in [-0.25, -0.2) is 9.78 Å². The minimum atomic E-state index is -0.942. The number of hydrogen-bond acceptors (Lipinski definition) is 4. The lowest BCUT2D eigenvalue weighted by Gasteiger charge is -2.13. The van der Waals surface area contributed by atoms with E-state index in [0.29, 0.717) is 18.1 Å². The third kappa shape index (κ3) is 3.28. The molecule has 1 N–H and O–H groups in total. The summed E-state index contributed by atoms with van der Waals surface area (Å²) in [4.78, 5) is 15.7. The number of aliphatic carboxylic acids is 1. The lowest BCUT2D eigenvalue weighted by Crippen LogP contribution is -2.25. The lowest BCUT2D eigenvalue weighted by atomic mass is 10.1. The Bertz CT molecular complexity index is 606. The molecule has 1 atom stereocenters. The molecule has 0 saturated carbocycles. The van der Waals surface area contributed by atoms with Crippen molar-refractivity contribution in [2.24, 2.45) is 5.92 Å². The van der Waals surface area contributed by atoms with Gasteiger partial charge in [0.15, 0.2) is 6.10 Å². The van der Waals surface area contributed by atoms with Crippen LogP contribution in [0.15, 0.2) is 18.2 Å². The van der Waals surface area contributed by atoms with Gasteiger partial charge in [-0.1, -0.05) is 26.8 Å². The molecule has 0 aliphatic rings. The molecule has 0 radical (unpaired) electrons. The van der Waals surface area contributed by atoms with Crippen LogP contribution in [0, 0.1) is 5.92 Å². The molecular weight excluding hydrogens is 274 g/mol. The summed E-state index contributed by atoms with van der Waals surface area (Å²) >= 11 is 1.64. The predicted molar refractivity (Wildman–Crippen MR) is 80.5 cm³/mol. The zero-order valence-electron chi connectivity index (χ0n) is 11.9. The molecule has 1 heterocycles. The minimum Gasteiger partial charge on any atom is -0.479 e. The molecule has 1 unspecified atom stereocenters. The molecule has 0 fully saturated rings. The Balaban J connectivity index is 2.33. The Morgan fingerprint density at radius 1 is 1.45 bits per heavy atom. The van der Waals surface area contributed by atoms with Crippen molar-refractivity contribution in [3.63, 3.8) is 0 Å². The molecule has 4 nitrogen and oxygen atoms in total. The third-order valence-corrected chi connectivity index (χ3v) is 3.97. The molecule has 0 saturated heterocycles. The van der Waals surface area contributed by atoms with Crippen LogP contribution in [0.3, 0.4) is 0 Å². The maximum absolute atomic E-state index is 11.1. The fourth-order valence-electron chi connectivity index (χ4n) is 1.96. The zero-order valence-corrected chi connectivity index (χ0v) is 12.7. The van der Waals surface area contributed by atoms with Crippen molar-refractivity contribution < 1.29 is 14.6 Å². The van der Waals surface area contributed by atoms with E-state index in [0.717, 1.165) is 21.6 Å². The normalized spacial score (nSPS) is 12.8. The highest BCUT2D eigenvalue weighted by molar-refractivity contribution is 7.18. The zero-order chi connectivity index (χ0) is 14.7. The SMILES string of the molecule is CCC(Oc1cccc2sc(CC(C)C)nc12)C(=O)O. The molecule has 0 aliphatic heterocycles. The summed E-state index contributed by atoms with van der Waals surface area (Å²) in [6.07, 6.45) is 0.528. The monoisotopic (exact) mass is 293 g/mol. The van der Waals surface area contributed by atoms with E-state index in [2.05, 4.69) is 18.8 Å². The predicted octanol–water partition coefficient (Wildman–Crippen LogP) is 3.74. The highest BCUT2D eigenvalue weighted by Gasteiger charge is 2.19. The van der Waals surface area contributed by atoms with Crippen LogP contribution in [-0.4, -0.2) is 22.2 Å². The highest BCUT2D eigenvalue weighted by Crippen LogP contribution is 2.31. The van der Waals surface area contributed by atoms with Crippen molar-refractivity contribution in [2.45, 2.75) is 39.7 Å². The summed E-state index contributed by atoms with van der Waals surface area (Å²) in [5.74, 6) is 0.160. The minimum absolute atomic E-state index is 0.425. The summed E-state index contributed by atoms with van der Waals surface area (Å²) in [5, 5.41) is 10.2. The Morgan fingerprint density at radius 3 is 2.80 bits per heavy atom. The summed E-state index contributed by atoms with van der Waals surface area (Å²) in [7, 11) is 0. The standard InChI is InChI=1S/C15H19NO3S/c1-4-10(15(17)18)19-11-6-5-7-12-14(11)16-13(20-12)8-9(2)3/h5-7,9-10H,4,8H2,1-3H3,(H,17,18). The van der Waals surface area contributed by atoms with Gasteiger partial charge in [0.1, 0.15) is 11.3 Å². The van der Waals surface area contributed by atoms with Crippen molar-refractivity contribution in [3.05, 3.63) is 23.2 Å². The smallest absolute Gasteiger partial charge is 0.344 e. The molecule has 1 aromatic carbocycles. The van der Waals surface area contributed by atoms with E-state index in [1.54, 1.807) is 24.3 Å². The van der Waals surface area contributed by atoms with Gasteiger partial charge in [0.25, 0.3) is 0 Å². The summed E-state index contributed by atoms with van der Waals surface area (Å²) in [6, 6.07) is 5.65. The molecule has 2 aromatic rings. The molecule has 5 heteroatoms. The van der Waals surface area contributed by atoms with Gasteiger partial charge in [0, 0.05) is 6.42 Å². The van der Waals surface area contributed by atoms with Gasteiger partial charge in [-0.2, -0.15) is 0 Å². The van der Waals surface area contributed by atoms with Gasteiger partial charge in [-0.05, 0) is 24.5 Å². The van der Waals surface area contributed by atoms with Gasteiger partial charge in [0.2, 0.25) is 0 Å². The number of carbonyl (C=O) groups is 1. The van der Waals surface area contributed by atoms with Crippen LogP contribution in [0.4, 0.5) is 0 Å². The first-order valence-corrected chi connectivity index (χ1v) is 7.60. The van der Waals surface area contributed by atoms with E-state index in [-0.39, 0.29) is 0 Å². The second kappa shape index (κ2) is 6.22. The average Bonchev–Trinajstić information content (AvgIpc) is 2.77. The number of rotatable bonds is 6. The molecular formula is C15H19NO3S. The summed E-state index contributed by atoms with van der Waals surface area (Å²) < 4.78 is 6.64. The van der Waals surface area contributed by atoms with Gasteiger partial charge in [-0.3, -0.25) is 0 Å². The first kappa shape index (κ1) is 14.8. The second-order valence-corrected chi connectivity index (χ2v) is 6.28. The Labute approximate surface area is 122 Å². The largest absolute Gasteiger partial charge is 0.479 e. The number of nitrogens with zero attached hydrogens (tertiary/aromatic N) is 1. The van der Waals surface area contributed by atoms with Crippen LogP contribution in [0.1, 0.15) is 32.2 Å². The number of thiazole rings is 1. The number of benzene rings is 1.